The molecule has 0 aromatic carbocycles. The summed E-state index contributed by atoms with van der Waals surface area (Å²) in [5.74, 6) is 1.82. The zero-order chi connectivity index (χ0) is 12.3. The van der Waals surface area contributed by atoms with Gasteiger partial charge in [0.25, 0.3) is 5.56 Å². The molecule has 0 aliphatic carbocycles. The van der Waals surface area contributed by atoms with Gasteiger partial charge >= 0.3 is 0 Å². The van der Waals surface area contributed by atoms with Crippen LogP contribution in [0.15, 0.2) is 21.8 Å². The van der Waals surface area contributed by atoms with Crippen LogP contribution >= 0.6 is 0 Å². The van der Waals surface area contributed by atoms with Crippen LogP contribution in [0.1, 0.15) is 31.4 Å². The van der Waals surface area contributed by atoms with Gasteiger partial charge in [-0.05, 0) is 0 Å². The van der Waals surface area contributed by atoms with Crippen molar-refractivity contribution in [2.45, 2.75) is 26.3 Å². The monoisotopic (exact) mass is 235 g/mol. The molecule has 2 aromatic rings. The molecule has 2 aromatic heterocycles. The molecule has 0 fully saturated rings. The molecule has 0 spiro atoms. The van der Waals surface area contributed by atoms with Crippen molar-refractivity contribution in [2.24, 2.45) is 0 Å². The molecule has 0 bridgehead atoms. The smallest absolute Gasteiger partial charge is 0.252 e. The van der Waals surface area contributed by atoms with E-state index in [2.05, 4.69) is 29.9 Å². The Kier molecular flexibility index (Phi) is 3.17. The molecular weight excluding hydrogens is 222 g/mol. The fourth-order valence-corrected chi connectivity index (χ4v) is 1.28. The summed E-state index contributed by atoms with van der Waals surface area (Å²) in [6.45, 7) is 4.28. The SMILES string of the molecule is CC(C)c1nc(NCc2ncon2)cc(=O)[nH]1. The average Bonchev–Trinajstić information content (AvgIpc) is 2.78. The lowest BCUT2D eigenvalue weighted by Crippen LogP contribution is -2.14. The molecule has 0 saturated carbocycles. The predicted molar refractivity (Wildman–Crippen MR) is 60.6 cm³/mol. The maximum absolute atomic E-state index is 11.4. The average molecular weight is 235 g/mol. The third-order valence-electron chi connectivity index (χ3n) is 2.14. The Morgan fingerprint density at radius 3 is 3.00 bits per heavy atom. The topological polar surface area (TPSA) is 96.7 Å². The lowest BCUT2D eigenvalue weighted by atomic mass is 10.2. The Balaban J connectivity index is 2.13. The molecule has 7 nitrogen and oxygen atoms in total. The normalized spacial score (nSPS) is 10.8. The number of aromatic nitrogens is 4. The predicted octanol–water partition coefficient (Wildman–Crippen LogP) is 0.888. The second-order valence-corrected chi connectivity index (χ2v) is 3.87. The van der Waals surface area contributed by atoms with Crippen molar-refractivity contribution >= 4 is 5.82 Å². The fourth-order valence-electron chi connectivity index (χ4n) is 1.28. The molecule has 0 aliphatic rings. The van der Waals surface area contributed by atoms with Crippen molar-refractivity contribution in [1.82, 2.24) is 20.1 Å². The number of H-pyrrole nitrogens is 1. The Morgan fingerprint density at radius 2 is 2.35 bits per heavy atom. The summed E-state index contributed by atoms with van der Waals surface area (Å²) < 4.78 is 4.60. The Morgan fingerprint density at radius 1 is 1.53 bits per heavy atom. The summed E-state index contributed by atoms with van der Waals surface area (Å²) in [5.41, 5.74) is -0.181. The van der Waals surface area contributed by atoms with Gasteiger partial charge in [0.2, 0.25) is 6.39 Å². The summed E-state index contributed by atoms with van der Waals surface area (Å²) in [6, 6.07) is 1.39. The number of nitrogens with zero attached hydrogens (tertiary/aromatic N) is 3. The van der Waals surface area contributed by atoms with Gasteiger partial charge in [0, 0.05) is 12.0 Å². The molecule has 17 heavy (non-hydrogen) atoms. The van der Waals surface area contributed by atoms with E-state index in [0.717, 1.165) is 0 Å². The Hall–Kier alpha value is -2.18. The third-order valence-corrected chi connectivity index (χ3v) is 2.14. The highest BCUT2D eigenvalue weighted by atomic mass is 16.5. The summed E-state index contributed by atoms with van der Waals surface area (Å²) in [5, 5.41) is 6.62. The maximum Gasteiger partial charge on any atom is 0.252 e. The first-order valence-electron chi connectivity index (χ1n) is 5.25. The quantitative estimate of drug-likeness (QED) is 0.816. The fraction of sp³-hybridized carbons (Fsp3) is 0.400. The van der Waals surface area contributed by atoms with Gasteiger partial charge in [-0.3, -0.25) is 4.79 Å². The highest BCUT2D eigenvalue weighted by Crippen LogP contribution is 2.09. The molecule has 7 heteroatoms. The molecule has 0 saturated heterocycles. The highest BCUT2D eigenvalue weighted by molar-refractivity contribution is 5.33. The van der Waals surface area contributed by atoms with E-state index in [4.69, 9.17) is 0 Å². The first-order chi connectivity index (χ1) is 8.15. The number of aromatic amines is 1. The molecule has 0 unspecified atom stereocenters. The first-order valence-corrected chi connectivity index (χ1v) is 5.25. The summed E-state index contributed by atoms with van der Waals surface area (Å²) in [6.07, 6.45) is 1.25. The number of rotatable bonds is 4. The van der Waals surface area contributed by atoms with E-state index >= 15 is 0 Å². The zero-order valence-corrected chi connectivity index (χ0v) is 9.60. The van der Waals surface area contributed by atoms with Gasteiger partial charge < -0.3 is 14.8 Å². The van der Waals surface area contributed by atoms with Crippen LogP contribution < -0.4 is 10.9 Å². The molecule has 0 atom stereocenters. The summed E-state index contributed by atoms with van der Waals surface area (Å²) >= 11 is 0. The van der Waals surface area contributed by atoms with Crippen LogP contribution in [0.3, 0.4) is 0 Å². The molecule has 2 N–H and O–H groups in total. The lowest BCUT2D eigenvalue weighted by molar-refractivity contribution is 0.411. The van der Waals surface area contributed by atoms with Gasteiger partial charge in [-0.25, -0.2) is 4.98 Å². The number of hydrogen-bond acceptors (Lipinski definition) is 6. The van der Waals surface area contributed by atoms with E-state index in [-0.39, 0.29) is 11.5 Å². The Labute approximate surface area is 97.3 Å². The van der Waals surface area contributed by atoms with Crippen LogP contribution in [0.4, 0.5) is 5.82 Å². The van der Waals surface area contributed by atoms with Gasteiger partial charge in [-0.1, -0.05) is 19.0 Å². The molecule has 0 radical (unpaired) electrons. The highest BCUT2D eigenvalue weighted by Gasteiger charge is 2.05. The molecule has 90 valence electrons. The van der Waals surface area contributed by atoms with Crippen LogP contribution in [-0.2, 0) is 6.54 Å². The minimum atomic E-state index is -0.181. The van der Waals surface area contributed by atoms with E-state index in [0.29, 0.717) is 24.0 Å². The zero-order valence-electron chi connectivity index (χ0n) is 9.60. The van der Waals surface area contributed by atoms with Crippen molar-refractivity contribution < 1.29 is 4.52 Å². The standard InChI is InChI=1S/C10H13N5O2/c1-6(2)10-13-7(3-9(16)14-10)11-4-8-12-5-17-15-8/h3,5-6H,4H2,1-2H3,(H2,11,13,14,16). The van der Waals surface area contributed by atoms with E-state index in [1.807, 2.05) is 13.8 Å². The van der Waals surface area contributed by atoms with Gasteiger partial charge in [0.05, 0.1) is 6.54 Å². The minimum Gasteiger partial charge on any atom is -0.362 e. The molecule has 0 aliphatic heterocycles. The van der Waals surface area contributed by atoms with Crippen molar-refractivity contribution in [1.29, 1.82) is 0 Å². The Bertz CT molecular complexity index is 532. The van der Waals surface area contributed by atoms with Crippen molar-refractivity contribution in [3.05, 3.63) is 34.5 Å². The lowest BCUT2D eigenvalue weighted by Gasteiger charge is -2.07. The van der Waals surface area contributed by atoms with E-state index < -0.39 is 0 Å². The van der Waals surface area contributed by atoms with E-state index in [1.54, 1.807) is 0 Å². The van der Waals surface area contributed by atoms with Crippen molar-refractivity contribution in [2.75, 3.05) is 5.32 Å². The molecular formula is C10H13N5O2. The number of nitrogens with one attached hydrogen (secondary N) is 2. The first kappa shape index (κ1) is 11.3. The van der Waals surface area contributed by atoms with E-state index in [9.17, 15) is 4.79 Å². The van der Waals surface area contributed by atoms with Gasteiger partial charge in [-0.15, -0.1) is 0 Å². The van der Waals surface area contributed by atoms with Gasteiger partial charge in [0.15, 0.2) is 5.82 Å². The van der Waals surface area contributed by atoms with Crippen molar-refractivity contribution in [3.8, 4) is 0 Å². The number of hydrogen-bond donors (Lipinski definition) is 2. The molecule has 0 amide bonds. The van der Waals surface area contributed by atoms with Crippen LogP contribution in [0.2, 0.25) is 0 Å². The molecule has 2 rings (SSSR count). The van der Waals surface area contributed by atoms with Crippen LogP contribution in [0.25, 0.3) is 0 Å². The van der Waals surface area contributed by atoms with Crippen LogP contribution in [-0.4, -0.2) is 20.1 Å². The van der Waals surface area contributed by atoms with Gasteiger partial charge in [-0.2, -0.15) is 4.98 Å². The molecule has 2 heterocycles. The van der Waals surface area contributed by atoms with E-state index in [1.165, 1.54) is 12.5 Å². The van der Waals surface area contributed by atoms with Crippen LogP contribution in [0.5, 0.6) is 0 Å². The third kappa shape index (κ3) is 2.90. The largest absolute Gasteiger partial charge is 0.362 e. The summed E-state index contributed by atoms with van der Waals surface area (Å²) in [7, 11) is 0. The van der Waals surface area contributed by atoms with Crippen LogP contribution in [0, 0.1) is 0 Å². The second-order valence-electron chi connectivity index (χ2n) is 3.87. The van der Waals surface area contributed by atoms with Gasteiger partial charge in [0.1, 0.15) is 11.6 Å². The minimum absolute atomic E-state index is 0.162. The summed E-state index contributed by atoms with van der Waals surface area (Å²) in [4.78, 5) is 22.2. The van der Waals surface area contributed by atoms with Crippen molar-refractivity contribution in [3.63, 3.8) is 0 Å². The second kappa shape index (κ2) is 4.77. The maximum atomic E-state index is 11.4. The number of anilines is 1.